The average Bonchev–Trinajstić information content (AvgIpc) is 1.97. The Balaban J connectivity index is 3.53. The van der Waals surface area contributed by atoms with E-state index < -0.39 is 23.7 Å². The number of hydrogen-bond donors (Lipinski definition) is 0. The summed E-state index contributed by atoms with van der Waals surface area (Å²) in [5.41, 5.74) is -0.764. The molecule has 0 spiro atoms. The molecule has 0 saturated carbocycles. The summed E-state index contributed by atoms with van der Waals surface area (Å²) in [4.78, 5) is 3.29. The summed E-state index contributed by atoms with van der Waals surface area (Å²) in [6, 6.07) is -0.553. The lowest BCUT2D eigenvalue weighted by Crippen LogP contribution is -2.06. The summed E-state index contributed by atoms with van der Waals surface area (Å²) < 4.78 is 47.4. The van der Waals surface area contributed by atoms with Gasteiger partial charge in [-0.1, -0.05) is 0 Å². The van der Waals surface area contributed by atoms with E-state index in [1.807, 2.05) is 0 Å². The fraction of sp³-hybridized carbons (Fsp3) is 0.286. The van der Waals surface area contributed by atoms with E-state index in [1.54, 1.807) is 0 Å². The molecule has 11 heavy (non-hydrogen) atoms. The van der Waals surface area contributed by atoms with Crippen LogP contribution in [0.25, 0.3) is 0 Å². The quantitative estimate of drug-likeness (QED) is 0.715. The van der Waals surface area contributed by atoms with E-state index in [2.05, 4.69) is 20.9 Å². The molecule has 4 heteroatoms. The summed E-state index contributed by atoms with van der Waals surface area (Å²) >= 11 is 2.80. The standard InChI is InChI=1S/C7H6BrF2N/c1-7(9,10)5-2-6(8)4-11-3-5/h2-4H,1H3/i2D,3D,4D. The van der Waals surface area contributed by atoms with Gasteiger partial charge in [-0.3, -0.25) is 4.98 Å². The van der Waals surface area contributed by atoms with E-state index in [1.165, 1.54) is 0 Å². The number of aromatic nitrogens is 1. The highest BCUT2D eigenvalue weighted by Gasteiger charge is 2.24. The van der Waals surface area contributed by atoms with Gasteiger partial charge in [0.25, 0.3) is 5.92 Å². The van der Waals surface area contributed by atoms with Crippen LogP contribution in [0.4, 0.5) is 8.78 Å². The molecule has 0 fully saturated rings. The van der Waals surface area contributed by atoms with Crippen molar-refractivity contribution in [3.8, 4) is 0 Å². The molecule has 0 aliphatic rings. The molecule has 1 rings (SSSR count). The van der Waals surface area contributed by atoms with E-state index in [4.69, 9.17) is 4.11 Å². The maximum atomic E-state index is 12.9. The molecule has 0 amide bonds. The normalized spacial score (nSPS) is 15.5. The highest BCUT2D eigenvalue weighted by molar-refractivity contribution is 9.10. The minimum atomic E-state index is -3.29. The number of pyridine rings is 1. The van der Waals surface area contributed by atoms with Crippen molar-refractivity contribution in [2.45, 2.75) is 12.8 Å². The van der Waals surface area contributed by atoms with Gasteiger partial charge in [-0.2, -0.15) is 0 Å². The van der Waals surface area contributed by atoms with E-state index >= 15 is 0 Å². The first-order chi connectivity index (χ1) is 6.25. The average molecular weight is 225 g/mol. The number of nitrogens with zero attached hydrogens (tertiary/aromatic N) is 1. The Labute approximate surface area is 75.8 Å². The lowest BCUT2D eigenvalue weighted by Gasteiger charge is -2.08. The van der Waals surface area contributed by atoms with Gasteiger partial charge >= 0.3 is 0 Å². The Kier molecular flexibility index (Phi) is 1.35. The van der Waals surface area contributed by atoms with Gasteiger partial charge < -0.3 is 0 Å². The molecule has 0 aliphatic heterocycles. The number of halogens is 3. The van der Waals surface area contributed by atoms with E-state index in [0.717, 1.165) is 0 Å². The zero-order valence-electron chi connectivity index (χ0n) is 8.58. The van der Waals surface area contributed by atoms with Crippen molar-refractivity contribution in [2.24, 2.45) is 0 Å². The first-order valence-electron chi connectivity index (χ1n) is 4.26. The Morgan fingerprint density at radius 2 is 2.27 bits per heavy atom. The fourth-order valence-corrected chi connectivity index (χ4v) is 0.793. The summed E-state index contributed by atoms with van der Waals surface area (Å²) in [5, 5.41) is 0. The Bertz CT molecular complexity index is 378. The summed E-state index contributed by atoms with van der Waals surface area (Å²) in [5.74, 6) is -3.29. The minimum absolute atomic E-state index is 0.120. The Morgan fingerprint density at radius 3 is 2.82 bits per heavy atom. The second-order valence-electron chi connectivity index (χ2n) is 2.04. The van der Waals surface area contributed by atoms with Gasteiger partial charge in [-0.05, 0) is 22.0 Å². The molecule has 0 unspecified atom stereocenters. The van der Waals surface area contributed by atoms with Gasteiger partial charge in [-0.25, -0.2) is 8.78 Å². The SMILES string of the molecule is [2H]c1nc([2H])c(C(C)(F)F)c([2H])c1Br. The minimum Gasteiger partial charge on any atom is -0.263 e. The van der Waals surface area contributed by atoms with Crippen LogP contribution in [0.15, 0.2) is 22.9 Å². The molecule has 0 aromatic carbocycles. The largest absolute Gasteiger partial charge is 0.272 e. The van der Waals surface area contributed by atoms with Crippen LogP contribution in [0.1, 0.15) is 16.6 Å². The van der Waals surface area contributed by atoms with Gasteiger partial charge in [0.2, 0.25) is 0 Å². The predicted molar refractivity (Wildman–Crippen MR) is 41.5 cm³/mol. The molecule has 1 aromatic rings. The molecule has 0 aliphatic carbocycles. The van der Waals surface area contributed by atoms with Crippen molar-refractivity contribution in [3.63, 3.8) is 0 Å². The first-order valence-corrected chi connectivity index (χ1v) is 3.56. The van der Waals surface area contributed by atoms with Gasteiger partial charge in [0.15, 0.2) is 0 Å². The van der Waals surface area contributed by atoms with Crippen LogP contribution in [0.5, 0.6) is 0 Å². The van der Waals surface area contributed by atoms with Crippen LogP contribution in [-0.2, 0) is 5.92 Å². The number of hydrogen-bond acceptors (Lipinski definition) is 1. The summed E-state index contributed by atoms with van der Waals surface area (Å²) in [7, 11) is 0. The Morgan fingerprint density at radius 1 is 1.64 bits per heavy atom. The van der Waals surface area contributed by atoms with Crippen molar-refractivity contribution in [3.05, 3.63) is 28.4 Å². The van der Waals surface area contributed by atoms with Crippen LogP contribution < -0.4 is 0 Å². The topological polar surface area (TPSA) is 12.9 Å². The lowest BCUT2D eigenvalue weighted by atomic mass is 10.2. The molecule has 60 valence electrons. The second kappa shape index (κ2) is 2.85. The van der Waals surface area contributed by atoms with Crippen molar-refractivity contribution in [2.75, 3.05) is 0 Å². The molecule has 0 radical (unpaired) electrons. The highest BCUT2D eigenvalue weighted by Crippen LogP contribution is 2.27. The van der Waals surface area contributed by atoms with Crippen LogP contribution in [0.2, 0.25) is 0 Å². The third-order valence-electron chi connectivity index (χ3n) is 0.995. The van der Waals surface area contributed by atoms with Crippen LogP contribution >= 0.6 is 15.9 Å². The van der Waals surface area contributed by atoms with Gasteiger partial charge in [0, 0.05) is 29.3 Å². The molecule has 1 aromatic heterocycles. The van der Waals surface area contributed by atoms with Gasteiger partial charge in [0.1, 0.15) is 0 Å². The van der Waals surface area contributed by atoms with E-state index in [-0.39, 0.29) is 10.6 Å². The maximum Gasteiger partial charge on any atom is 0.272 e. The number of alkyl halides is 2. The van der Waals surface area contributed by atoms with Gasteiger partial charge in [0.05, 0.1) is 4.11 Å². The van der Waals surface area contributed by atoms with Crippen molar-refractivity contribution in [1.82, 2.24) is 4.98 Å². The van der Waals surface area contributed by atoms with Gasteiger partial charge in [-0.15, -0.1) is 0 Å². The smallest absolute Gasteiger partial charge is 0.263 e. The molecule has 0 atom stereocenters. The predicted octanol–water partition coefficient (Wildman–Crippen LogP) is 2.96. The van der Waals surface area contributed by atoms with Crippen LogP contribution in [-0.4, -0.2) is 4.98 Å². The van der Waals surface area contributed by atoms with E-state index in [9.17, 15) is 8.78 Å². The maximum absolute atomic E-state index is 12.9. The fourth-order valence-electron chi connectivity index (χ4n) is 0.506. The molecule has 0 saturated heterocycles. The number of rotatable bonds is 1. The van der Waals surface area contributed by atoms with Crippen molar-refractivity contribution in [1.29, 1.82) is 0 Å². The first kappa shape index (κ1) is 5.19. The second-order valence-corrected chi connectivity index (χ2v) is 2.83. The molecule has 1 heterocycles. The summed E-state index contributed by atoms with van der Waals surface area (Å²) in [6.07, 6.45) is -1.11. The Hall–Kier alpha value is -0.510. The van der Waals surface area contributed by atoms with Crippen molar-refractivity contribution < 1.29 is 12.9 Å². The van der Waals surface area contributed by atoms with Crippen LogP contribution in [0, 0.1) is 0 Å². The molecular weight excluding hydrogens is 216 g/mol. The molecule has 0 N–H and O–H groups in total. The molecule has 1 nitrogen and oxygen atoms in total. The van der Waals surface area contributed by atoms with Crippen LogP contribution in [0.3, 0.4) is 0 Å². The van der Waals surface area contributed by atoms with Crippen molar-refractivity contribution >= 4 is 15.9 Å². The lowest BCUT2D eigenvalue weighted by molar-refractivity contribution is 0.0170. The zero-order valence-corrected chi connectivity index (χ0v) is 7.17. The monoisotopic (exact) mass is 224 g/mol. The van der Waals surface area contributed by atoms with E-state index in [0.29, 0.717) is 6.92 Å². The third kappa shape index (κ3) is 2.22. The molecule has 0 bridgehead atoms. The third-order valence-corrected chi connectivity index (χ3v) is 1.37. The molecular formula is C7H6BrF2N. The zero-order chi connectivity index (χ0) is 11.1. The summed E-state index contributed by atoms with van der Waals surface area (Å²) in [6.45, 7) is 0.593. The highest BCUT2D eigenvalue weighted by atomic mass is 79.9.